The molecule has 0 fully saturated rings. The van der Waals surface area contributed by atoms with Gasteiger partial charge >= 0.3 is 0 Å². The van der Waals surface area contributed by atoms with E-state index in [1.807, 2.05) is 18.2 Å². The number of hydrogen-bond donors (Lipinski definition) is 1. The summed E-state index contributed by atoms with van der Waals surface area (Å²) in [6, 6.07) is 16.6. The number of aromatic nitrogens is 4. The molecule has 0 bridgehead atoms. The molecule has 130 valence electrons. The first kappa shape index (κ1) is 15.5. The van der Waals surface area contributed by atoms with Crippen molar-refractivity contribution in [1.29, 1.82) is 0 Å². The summed E-state index contributed by atoms with van der Waals surface area (Å²) in [6.45, 7) is 0. The van der Waals surface area contributed by atoms with Crippen LogP contribution in [0.2, 0.25) is 0 Å². The molecule has 27 heavy (non-hydrogen) atoms. The monoisotopic (exact) mass is 351 g/mol. The number of nitrogens with zero attached hydrogens (tertiary/aromatic N) is 4. The standard InChI is InChI=1S/C22H17N5/c1-27-10-6-15-4-5-16(11-21(15)27)19-12-18(26-17-3-2-7-23-14-17)13-20-22(19)25-9-8-24-20/h2-14,26H,1H3. The highest BCUT2D eigenvalue weighted by Crippen LogP contribution is 2.33. The van der Waals surface area contributed by atoms with Crippen LogP contribution in [-0.4, -0.2) is 19.5 Å². The van der Waals surface area contributed by atoms with Crippen LogP contribution in [0.3, 0.4) is 0 Å². The summed E-state index contributed by atoms with van der Waals surface area (Å²) in [4.78, 5) is 13.3. The molecule has 0 unspecified atom stereocenters. The van der Waals surface area contributed by atoms with Gasteiger partial charge in [0.1, 0.15) is 0 Å². The van der Waals surface area contributed by atoms with Crippen molar-refractivity contribution >= 4 is 33.3 Å². The van der Waals surface area contributed by atoms with Crippen LogP contribution in [0.25, 0.3) is 33.1 Å². The molecule has 0 spiro atoms. The van der Waals surface area contributed by atoms with E-state index in [0.29, 0.717) is 0 Å². The highest BCUT2D eigenvalue weighted by atomic mass is 14.9. The summed E-state index contributed by atoms with van der Waals surface area (Å²) < 4.78 is 2.13. The first-order valence-corrected chi connectivity index (χ1v) is 8.75. The van der Waals surface area contributed by atoms with Crippen LogP contribution in [0.15, 0.2) is 79.5 Å². The average Bonchev–Trinajstić information content (AvgIpc) is 3.08. The van der Waals surface area contributed by atoms with E-state index in [-0.39, 0.29) is 0 Å². The summed E-state index contributed by atoms with van der Waals surface area (Å²) in [5, 5.41) is 4.64. The van der Waals surface area contributed by atoms with Crippen molar-refractivity contribution in [1.82, 2.24) is 19.5 Å². The molecular formula is C22H17N5. The van der Waals surface area contributed by atoms with Gasteiger partial charge in [-0.3, -0.25) is 15.0 Å². The summed E-state index contributed by atoms with van der Waals surface area (Å²) in [5.74, 6) is 0. The molecule has 3 aromatic heterocycles. The normalized spacial score (nSPS) is 11.1. The van der Waals surface area contributed by atoms with Crippen LogP contribution in [0.5, 0.6) is 0 Å². The Balaban J connectivity index is 1.70. The second-order valence-electron chi connectivity index (χ2n) is 6.51. The quantitative estimate of drug-likeness (QED) is 0.501. The summed E-state index contributed by atoms with van der Waals surface area (Å²) in [7, 11) is 2.06. The van der Waals surface area contributed by atoms with E-state index in [2.05, 4.69) is 68.4 Å². The van der Waals surface area contributed by atoms with Crippen molar-refractivity contribution in [3.63, 3.8) is 0 Å². The maximum Gasteiger partial charge on any atom is 0.0966 e. The Hall–Kier alpha value is -3.73. The van der Waals surface area contributed by atoms with Crippen molar-refractivity contribution in [2.24, 2.45) is 7.05 Å². The van der Waals surface area contributed by atoms with Gasteiger partial charge in [-0.25, -0.2) is 0 Å². The van der Waals surface area contributed by atoms with Crippen LogP contribution < -0.4 is 5.32 Å². The fourth-order valence-electron chi connectivity index (χ4n) is 3.40. The number of fused-ring (bicyclic) bond motifs is 2. The highest BCUT2D eigenvalue weighted by molar-refractivity contribution is 5.97. The lowest BCUT2D eigenvalue weighted by Gasteiger charge is -2.12. The number of benzene rings is 2. The van der Waals surface area contributed by atoms with Crippen molar-refractivity contribution in [2.45, 2.75) is 0 Å². The van der Waals surface area contributed by atoms with Gasteiger partial charge in [0.15, 0.2) is 0 Å². The van der Waals surface area contributed by atoms with Gasteiger partial charge in [0.2, 0.25) is 0 Å². The van der Waals surface area contributed by atoms with Crippen LogP contribution in [-0.2, 0) is 7.05 Å². The van der Waals surface area contributed by atoms with Gasteiger partial charge in [0, 0.05) is 48.6 Å². The van der Waals surface area contributed by atoms with Gasteiger partial charge < -0.3 is 9.88 Å². The van der Waals surface area contributed by atoms with E-state index in [1.54, 1.807) is 24.8 Å². The lowest BCUT2D eigenvalue weighted by atomic mass is 10.0. The maximum atomic E-state index is 4.59. The molecule has 0 amide bonds. The zero-order valence-corrected chi connectivity index (χ0v) is 14.8. The Morgan fingerprint density at radius 1 is 0.889 bits per heavy atom. The van der Waals surface area contributed by atoms with E-state index in [4.69, 9.17) is 0 Å². The molecule has 3 heterocycles. The van der Waals surface area contributed by atoms with E-state index < -0.39 is 0 Å². The number of rotatable bonds is 3. The zero-order chi connectivity index (χ0) is 18.2. The van der Waals surface area contributed by atoms with Gasteiger partial charge in [-0.2, -0.15) is 0 Å². The molecule has 0 saturated heterocycles. The third kappa shape index (κ3) is 2.79. The number of pyridine rings is 1. The van der Waals surface area contributed by atoms with Gasteiger partial charge in [0.05, 0.1) is 22.9 Å². The number of nitrogens with one attached hydrogen (secondary N) is 1. The molecule has 0 aliphatic rings. The van der Waals surface area contributed by atoms with E-state index in [0.717, 1.165) is 33.5 Å². The minimum Gasteiger partial charge on any atom is -0.354 e. The molecular weight excluding hydrogens is 334 g/mol. The average molecular weight is 351 g/mol. The predicted molar refractivity (Wildman–Crippen MR) is 109 cm³/mol. The van der Waals surface area contributed by atoms with Crippen molar-refractivity contribution in [3.8, 4) is 11.1 Å². The number of aryl methyl sites for hydroxylation is 1. The van der Waals surface area contributed by atoms with E-state index in [1.165, 1.54) is 10.9 Å². The number of hydrogen-bond acceptors (Lipinski definition) is 4. The van der Waals surface area contributed by atoms with Crippen molar-refractivity contribution in [2.75, 3.05) is 5.32 Å². The third-order valence-corrected chi connectivity index (χ3v) is 4.72. The SMILES string of the molecule is Cn1ccc2ccc(-c3cc(Nc4cccnc4)cc4nccnc34)cc21. The summed E-state index contributed by atoms with van der Waals surface area (Å²) in [6.07, 6.45) is 9.10. The predicted octanol–water partition coefficient (Wildman–Crippen LogP) is 4.93. The molecule has 0 saturated carbocycles. The lowest BCUT2D eigenvalue weighted by Crippen LogP contribution is -1.95. The molecule has 2 aromatic carbocycles. The van der Waals surface area contributed by atoms with Gasteiger partial charge in [0.25, 0.3) is 0 Å². The second-order valence-corrected chi connectivity index (χ2v) is 6.51. The number of anilines is 2. The van der Waals surface area contributed by atoms with Crippen LogP contribution in [0.4, 0.5) is 11.4 Å². The first-order chi connectivity index (χ1) is 13.3. The molecule has 5 heteroatoms. The summed E-state index contributed by atoms with van der Waals surface area (Å²) in [5.41, 5.74) is 6.99. The van der Waals surface area contributed by atoms with Gasteiger partial charge in [-0.15, -0.1) is 0 Å². The molecule has 5 rings (SSSR count). The molecule has 1 N–H and O–H groups in total. The highest BCUT2D eigenvalue weighted by Gasteiger charge is 2.10. The van der Waals surface area contributed by atoms with Gasteiger partial charge in [-0.05, 0) is 47.3 Å². The fraction of sp³-hybridized carbons (Fsp3) is 0.0455. The molecule has 0 atom stereocenters. The third-order valence-electron chi connectivity index (χ3n) is 4.72. The molecule has 5 aromatic rings. The zero-order valence-electron chi connectivity index (χ0n) is 14.8. The minimum atomic E-state index is 0.855. The molecule has 0 aliphatic heterocycles. The fourth-order valence-corrected chi connectivity index (χ4v) is 3.40. The smallest absolute Gasteiger partial charge is 0.0966 e. The Morgan fingerprint density at radius 3 is 2.70 bits per heavy atom. The van der Waals surface area contributed by atoms with Crippen LogP contribution >= 0.6 is 0 Å². The van der Waals surface area contributed by atoms with Crippen molar-refractivity contribution < 1.29 is 0 Å². The van der Waals surface area contributed by atoms with Crippen LogP contribution in [0, 0.1) is 0 Å². The Labute approximate surface area is 156 Å². The Bertz CT molecular complexity index is 1260. The molecule has 0 aliphatic carbocycles. The van der Waals surface area contributed by atoms with E-state index in [9.17, 15) is 0 Å². The molecule has 5 nitrogen and oxygen atoms in total. The van der Waals surface area contributed by atoms with Gasteiger partial charge in [-0.1, -0.05) is 12.1 Å². The lowest BCUT2D eigenvalue weighted by molar-refractivity contribution is 0.969. The largest absolute Gasteiger partial charge is 0.354 e. The minimum absolute atomic E-state index is 0.855. The topological polar surface area (TPSA) is 55.6 Å². The molecule has 0 radical (unpaired) electrons. The Morgan fingerprint density at radius 2 is 1.81 bits per heavy atom. The second kappa shape index (κ2) is 6.21. The van der Waals surface area contributed by atoms with Crippen molar-refractivity contribution in [3.05, 3.63) is 79.5 Å². The Kier molecular flexibility index (Phi) is 3.57. The maximum absolute atomic E-state index is 4.59. The summed E-state index contributed by atoms with van der Waals surface area (Å²) >= 11 is 0. The van der Waals surface area contributed by atoms with Crippen LogP contribution in [0.1, 0.15) is 0 Å². The van der Waals surface area contributed by atoms with E-state index >= 15 is 0 Å². The first-order valence-electron chi connectivity index (χ1n) is 8.75.